The third-order valence-corrected chi connectivity index (χ3v) is 5.80. The number of carbonyl (C=O) groups excluding carboxylic acids is 1. The molecule has 0 heterocycles. The molecular formula is C24H25FOS. The summed E-state index contributed by atoms with van der Waals surface area (Å²) < 4.78 is 13.9. The zero-order valence-electron chi connectivity index (χ0n) is 16.5. The zero-order valence-corrected chi connectivity index (χ0v) is 17.3. The molecule has 0 unspecified atom stereocenters. The van der Waals surface area contributed by atoms with Gasteiger partial charge in [0.15, 0.2) is 0 Å². The Labute approximate surface area is 165 Å². The van der Waals surface area contributed by atoms with E-state index >= 15 is 0 Å². The van der Waals surface area contributed by atoms with E-state index in [0.29, 0.717) is 6.42 Å². The van der Waals surface area contributed by atoms with Crippen LogP contribution in [0.3, 0.4) is 0 Å². The van der Waals surface area contributed by atoms with E-state index in [0.717, 1.165) is 33.4 Å². The largest absolute Gasteiger partial charge is 0.299 e. The van der Waals surface area contributed by atoms with Gasteiger partial charge in [-0.3, -0.25) is 4.79 Å². The topological polar surface area (TPSA) is 17.1 Å². The summed E-state index contributed by atoms with van der Waals surface area (Å²) in [5.74, 6) is -0.106. The fourth-order valence-corrected chi connectivity index (χ4v) is 3.68. The fraction of sp³-hybridized carbons (Fsp3) is 0.292. The van der Waals surface area contributed by atoms with Crippen LogP contribution in [-0.4, -0.2) is 12.0 Å². The maximum Gasteiger partial charge on any atom is 0.142 e. The number of allylic oxidation sites excluding steroid dienone is 3. The highest BCUT2D eigenvalue weighted by atomic mass is 32.2. The summed E-state index contributed by atoms with van der Waals surface area (Å²) in [6.45, 7) is 7.81. The Morgan fingerprint density at radius 1 is 1.07 bits per heavy atom. The second-order valence-corrected chi connectivity index (χ2v) is 8.85. The summed E-state index contributed by atoms with van der Waals surface area (Å²) in [5, 5.41) is 0. The molecule has 0 fully saturated rings. The first kappa shape index (κ1) is 19.6. The Kier molecular flexibility index (Phi) is 5.43. The Hall–Kier alpha value is -2.13. The third-order valence-electron chi connectivity index (χ3n) is 5.05. The van der Waals surface area contributed by atoms with Crippen molar-refractivity contribution in [3.63, 3.8) is 0 Å². The number of ketones is 1. The van der Waals surface area contributed by atoms with Crippen LogP contribution in [0.2, 0.25) is 0 Å². The van der Waals surface area contributed by atoms with E-state index < -0.39 is 5.41 Å². The van der Waals surface area contributed by atoms with Crippen molar-refractivity contribution in [3.8, 4) is 0 Å². The smallest absolute Gasteiger partial charge is 0.142 e. The van der Waals surface area contributed by atoms with Gasteiger partial charge >= 0.3 is 0 Å². The van der Waals surface area contributed by atoms with Gasteiger partial charge in [-0.15, -0.1) is 11.8 Å². The number of benzene rings is 2. The minimum Gasteiger partial charge on any atom is -0.299 e. The third kappa shape index (κ3) is 4.08. The maximum atomic E-state index is 13.9. The molecule has 1 aliphatic rings. The molecule has 0 aliphatic heterocycles. The van der Waals surface area contributed by atoms with Crippen LogP contribution in [0.15, 0.2) is 52.9 Å². The Balaban J connectivity index is 2.08. The second kappa shape index (κ2) is 7.47. The summed E-state index contributed by atoms with van der Waals surface area (Å²) >= 11 is 1.71. The predicted molar refractivity (Wildman–Crippen MR) is 114 cm³/mol. The van der Waals surface area contributed by atoms with Gasteiger partial charge in [0.2, 0.25) is 0 Å². The molecular weight excluding hydrogens is 355 g/mol. The lowest BCUT2D eigenvalue weighted by Gasteiger charge is -2.17. The molecule has 0 aromatic heterocycles. The van der Waals surface area contributed by atoms with E-state index in [4.69, 9.17) is 0 Å². The first-order valence-electron chi connectivity index (χ1n) is 9.10. The summed E-state index contributed by atoms with van der Waals surface area (Å²) in [7, 11) is 0. The number of rotatable bonds is 4. The van der Waals surface area contributed by atoms with Crippen molar-refractivity contribution in [2.75, 3.05) is 6.26 Å². The van der Waals surface area contributed by atoms with E-state index in [-0.39, 0.29) is 11.6 Å². The van der Waals surface area contributed by atoms with Gasteiger partial charge in [-0.05, 0) is 76.9 Å². The van der Waals surface area contributed by atoms with Crippen LogP contribution in [0.25, 0.3) is 17.2 Å². The lowest BCUT2D eigenvalue weighted by molar-refractivity contribution is -0.125. The van der Waals surface area contributed by atoms with Crippen LogP contribution in [0, 0.1) is 11.2 Å². The molecule has 0 radical (unpaired) electrons. The normalized spacial score (nSPS) is 15.4. The molecule has 0 N–H and O–H groups in total. The van der Waals surface area contributed by atoms with Crippen molar-refractivity contribution in [2.24, 2.45) is 5.41 Å². The van der Waals surface area contributed by atoms with Gasteiger partial charge in [-0.1, -0.05) is 39.0 Å². The summed E-state index contributed by atoms with van der Waals surface area (Å²) in [6, 6.07) is 13.3. The minimum atomic E-state index is -0.416. The van der Waals surface area contributed by atoms with Crippen LogP contribution < -0.4 is 0 Å². The molecule has 27 heavy (non-hydrogen) atoms. The zero-order chi connectivity index (χ0) is 19.8. The van der Waals surface area contributed by atoms with E-state index in [1.807, 2.05) is 33.8 Å². The van der Waals surface area contributed by atoms with Gasteiger partial charge in [0, 0.05) is 16.7 Å². The number of carbonyl (C=O) groups is 1. The number of thioether (sulfide) groups is 1. The molecule has 0 bridgehead atoms. The molecule has 0 saturated heterocycles. The fourth-order valence-electron chi connectivity index (χ4n) is 3.27. The quantitative estimate of drug-likeness (QED) is 0.538. The summed E-state index contributed by atoms with van der Waals surface area (Å²) in [6.07, 6.45) is 4.51. The van der Waals surface area contributed by atoms with Crippen LogP contribution >= 0.6 is 11.8 Å². The Bertz CT molecular complexity index is 943. The van der Waals surface area contributed by atoms with Crippen molar-refractivity contribution in [1.29, 1.82) is 0 Å². The first-order valence-corrected chi connectivity index (χ1v) is 10.3. The highest BCUT2D eigenvalue weighted by Crippen LogP contribution is 2.44. The van der Waals surface area contributed by atoms with Crippen molar-refractivity contribution in [3.05, 3.63) is 70.5 Å². The average Bonchev–Trinajstić information content (AvgIpc) is 2.86. The number of halogens is 1. The predicted octanol–water partition coefficient (Wildman–Crippen LogP) is 6.88. The van der Waals surface area contributed by atoms with Crippen LogP contribution in [0.1, 0.15) is 50.8 Å². The molecule has 3 heteroatoms. The van der Waals surface area contributed by atoms with Gasteiger partial charge < -0.3 is 0 Å². The summed E-state index contributed by atoms with van der Waals surface area (Å²) in [4.78, 5) is 13.9. The maximum absolute atomic E-state index is 13.9. The van der Waals surface area contributed by atoms with Crippen molar-refractivity contribution in [2.45, 2.75) is 39.0 Å². The van der Waals surface area contributed by atoms with E-state index in [1.54, 1.807) is 17.8 Å². The lowest BCUT2D eigenvalue weighted by atomic mass is 9.85. The monoisotopic (exact) mass is 380 g/mol. The molecule has 1 aliphatic carbocycles. The molecule has 140 valence electrons. The van der Waals surface area contributed by atoms with Gasteiger partial charge in [-0.2, -0.15) is 0 Å². The van der Waals surface area contributed by atoms with Crippen LogP contribution in [-0.2, 0) is 4.79 Å². The van der Waals surface area contributed by atoms with Gasteiger partial charge in [0.05, 0.1) is 0 Å². The standard InChI is InChI=1S/C24H25FOS/c1-15-20(12-16-6-9-18(27-5)10-7-16)19-11-8-17(25)13-22(19)21(15)14-23(26)24(2,3)4/h6-13H,14H2,1-5H3/b20-12-. The Morgan fingerprint density at radius 3 is 2.33 bits per heavy atom. The molecule has 0 spiro atoms. The molecule has 2 aromatic carbocycles. The van der Waals surface area contributed by atoms with Gasteiger partial charge in [0.25, 0.3) is 0 Å². The number of hydrogen-bond acceptors (Lipinski definition) is 2. The minimum absolute atomic E-state index is 0.164. The van der Waals surface area contributed by atoms with Crippen molar-refractivity contribution < 1.29 is 9.18 Å². The van der Waals surface area contributed by atoms with E-state index in [1.165, 1.54) is 11.0 Å². The summed E-state index contributed by atoms with van der Waals surface area (Å²) in [5.41, 5.74) is 5.59. The number of hydrogen-bond donors (Lipinski definition) is 0. The SMILES string of the molecule is CSc1ccc(/C=C2/C(C)=C(CC(=O)C(C)(C)C)c3cc(F)ccc32)cc1. The molecule has 3 rings (SSSR count). The lowest BCUT2D eigenvalue weighted by Crippen LogP contribution is -2.20. The van der Waals surface area contributed by atoms with Gasteiger partial charge in [-0.25, -0.2) is 4.39 Å². The number of fused-ring (bicyclic) bond motifs is 1. The van der Waals surface area contributed by atoms with E-state index in [2.05, 4.69) is 36.6 Å². The average molecular weight is 381 g/mol. The highest BCUT2D eigenvalue weighted by Gasteiger charge is 2.29. The first-order chi connectivity index (χ1) is 12.7. The highest BCUT2D eigenvalue weighted by molar-refractivity contribution is 7.98. The second-order valence-electron chi connectivity index (χ2n) is 7.97. The number of Topliss-reactive ketones (excluding diaryl/α,β-unsaturated/α-hetero) is 1. The van der Waals surface area contributed by atoms with E-state index in [9.17, 15) is 9.18 Å². The van der Waals surface area contributed by atoms with Gasteiger partial charge in [0.1, 0.15) is 11.6 Å². The molecule has 1 nitrogen and oxygen atoms in total. The molecule has 0 atom stereocenters. The molecule has 0 amide bonds. The van der Waals surface area contributed by atoms with Crippen LogP contribution in [0.4, 0.5) is 4.39 Å². The molecule has 2 aromatic rings. The van der Waals surface area contributed by atoms with Crippen LogP contribution in [0.5, 0.6) is 0 Å². The van der Waals surface area contributed by atoms with Crippen molar-refractivity contribution in [1.82, 2.24) is 0 Å². The van der Waals surface area contributed by atoms with Crippen molar-refractivity contribution >= 4 is 34.8 Å². The Morgan fingerprint density at radius 2 is 1.74 bits per heavy atom. The molecule has 0 saturated carbocycles.